The molecule has 27 heavy (non-hydrogen) atoms. The molecule has 1 saturated heterocycles. The fourth-order valence-corrected chi connectivity index (χ4v) is 4.04. The van der Waals surface area contributed by atoms with E-state index in [1.54, 1.807) is 0 Å². The predicted molar refractivity (Wildman–Crippen MR) is 111 cm³/mol. The Labute approximate surface area is 167 Å². The molecule has 4 nitrogen and oxygen atoms in total. The highest BCUT2D eigenvalue weighted by atomic mass is 35.5. The van der Waals surface area contributed by atoms with E-state index in [-0.39, 0.29) is 24.6 Å². The highest BCUT2D eigenvalue weighted by Crippen LogP contribution is 2.29. The van der Waals surface area contributed by atoms with Crippen molar-refractivity contribution >= 4 is 23.9 Å². The van der Waals surface area contributed by atoms with Gasteiger partial charge in [-0.3, -0.25) is 9.69 Å². The number of carbonyl (C=O) groups excluding carboxylic acids is 1. The van der Waals surface area contributed by atoms with Crippen LogP contribution >= 0.6 is 12.4 Å². The average Bonchev–Trinajstić information content (AvgIpc) is 3.12. The van der Waals surface area contributed by atoms with E-state index >= 15 is 0 Å². The number of aliphatic hydroxyl groups is 1. The van der Waals surface area contributed by atoms with Gasteiger partial charge < -0.3 is 10.4 Å². The van der Waals surface area contributed by atoms with Crippen molar-refractivity contribution in [2.75, 3.05) is 25.0 Å². The lowest BCUT2D eigenvalue weighted by Gasteiger charge is -2.38. The van der Waals surface area contributed by atoms with E-state index in [2.05, 4.69) is 28.4 Å². The number of halogens is 1. The quantitative estimate of drug-likeness (QED) is 0.770. The predicted octanol–water partition coefficient (Wildman–Crippen LogP) is 3.68. The molecule has 5 heteroatoms. The molecule has 0 saturated carbocycles. The number of nitrogens with zero attached hydrogens (tertiary/aromatic N) is 1. The number of benzene rings is 2. The van der Waals surface area contributed by atoms with Crippen LogP contribution in [0.2, 0.25) is 0 Å². The van der Waals surface area contributed by atoms with Crippen LogP contribution in [0, 0.1) is 0 Å². The maximum Gasteiger partial charge on any atom is 0.165 e. The SMILES string of the molecule is Cl.O=C(CC1(O)CCN(Cc2ccc3c(c2)CCN3)CC1)c1ccccc1. The molecule has 144 valence electrons. The summed E-state index contributed by atoms with van der Waals surface area (Å²) in [5, 5.41) is 14.3. The number of ketones is 1. The fourth-order valence-electron chi connectivity index (χ4n) is 4.04. The molecule has 2 aliphatic heterocycles. The van der Waals surface area contributed by atoms with Crippen LogP contribution in [0.15, 0.2) is 48.5 Å². The van der Waals surface area contributed by atoms with Crippen LogP contribution in [0.4, 0.5) is 5.69 Å². The molecule has 0 atom stereocenters. The molecule has 2 N–H and O–H groups in total. The molecule has 2 aromatic rings. The van der Waals surface area contributed by atoms with Crippen LogP contribution in [0.3, 0.4) is 0 Å². The second kappa shape index (κ2) is 8.42. The minimum Gasteiger partial charge on any atom is -0.389 e. The molecule has 1 fully saturated rings. The van der Waals surface area contributed by atoms with E-state index in [9.17, 15) is 9.90 Å². The zero-order valence-corrected chi connectivity index (χ0v) is 16.3. The van der Waals surface area contributed by atoms with Crippen LogP contribution < -0.4 is 5.32 Å². The van der Waals surface area contributed by atoms with E-state index in [4.69, 9.17) is 0 Å². The van der Waals surface area contributed by atoms with Gasteiger partial charge in [0.2, 0.25) is 0 Å². The molecule has 0 aromatic heterocycles. The Morgan fingerprint density at radius 1 is 1.11 bits per heavy atom. The van der Waals surface area contributed by atoms with Gasteiger partial charge in [-0.05, 0) is 36.5 Å². The molecule has 0 amide bonds. The van der Waals surface area contributed by atoms with Crippen molar-refractivity contribution in [2.45, 2.75) is 37.8 Å². The Bertz CT molecular complexity index is 786. The normalized spacial score (nSPS) is 18.3. The lowest BCUT2D eigenvalue weighted by atomic mass is 9.85. The third-order valence-electron chi connectivity index (χ3n) is 5.66. The number of rotatable bonds is 5. The third kappa shape index (κ3) is 4.70. The van der Waals surface area contributed by atoms with Crippen molar-refractivity contribution in [1.82, 2.24) is 4.90 Å². The summed E-state index contributed by atoms with van der Waals surface area (Å²) in [6.45, 7) is 3.60. The lowest BCUT2D eigenvalue weighted by molar-refractivity contribution is -0.0241. The Morgan fingerprint density at radius 3 is 2.59 bits per heavy atom. The van der Waals surface area contributed by atoms with Gasteiger partial charge >= 0.3 is 0 Å². The van der Waals surface area contributed by atoms with Crippen LogP contribution in [0.25, 0.3) is 0 Å². The van der Waals surface area contributed by atoms with Gasteiger partial charge in [-0.15, -0.1) is 12.4 Å². The molecule has 0 radical (unpaired) electrons. The number of fused-ring (bicyclic) bond motifs is 1. The van der Waals surface area contributed by atoms with Crippen molar-refractivity contribution in [3.05, 3.63) is 65.2 Å². The third-order valence-corrected chi connectivity index (χ3v) is 5.66. The van der Waals surface area contributed by atoms with E-state index in [0.29, 0.717) is 18.4 Å². The maximum absolute atomic E-state index is 12.4. The number of carbonyl (C=O) groups is 1. The highest BCUT2D eigenvalue weighted by molar-refractivity contribution is 5.96. The van der Waals surface area contributed by atoms with E-state index in [1.807, 2.05) is 30.3 Å². The second-order valence-corrected chi connectivity index (χ2v) is 7.63. The van der Waals surface area contributed by atoms with Crippen LogP contribution in [0.1, 0.15) is 40.7 Å². The summed E-state index contributed by atoms with van der Waals surface area (Å²) in [5.74, 6) is 0.0349. The van der Waals surface area contributed by atoms with Gasteiger partial charge in [0.05, 0.1) is 5.60 Å². The summed E-state index contributed by atoms with van der Waals surface area (Å²) in [6, 6.07) is 16.0. The Balaban J connectivity index is 0.00000210. The first-order valence-electron chi connectivity index (χ1n) is 9.50. The Hall–Kier alpha value is -1.88. The van der Waals surface area contributed by atoms with Crippen LogP contribution in [-0.2, 0) is 13.0 Å². The van der Waals surface area contributed by atoms with Gasteiger partial charge in [0.25, 0.3) is 0 Å². The smallest absolute Gasteiger partial charge is 0.165 e. The number of Topliss-reactive ketones (excluding diaryl/α,β-unsaturated/α-hetero) is 1. The standard InChI is InChI=1S/C22H26N2O2.ClH/c25-21(18-4-2-1-3-5-18)15-22(26)9-12-24(13-10-22)16-17-6-7-20-19(14-17)8-11-23-20;/h1-7,14,23,26H,8-13,15-16H2;1H. The number of hydrogen-bond acceptors (Lipinski definition) is 4. The minimum atomic E-state index is -0.870. The molecular weight excluding hydrogens is 360 g/mol. The molecule has 0 bridgehead atoms. The van der Waals surface area contributed by atoms with Gasteiger partial charge in [0.1, 0.15) is 0 Å². The van der Waals surface area contributed by atoms with E-state index < -0.39 is 5.60 Å². The first-order chi connectivity index (χ1) is 12.6. The largest absolute Gasteiger partial charge is 0.389 e. The van der Waals surface area contributed by atoms with Gasteiger partial charge in [0.15, 0.2) is 5.78 Å². The monoisotopic (exact) mass is 386 g/mol. The average molecular weight is 387 g/mol. The summed E-state index contributed by atoms with van der Waals surface area (Å²) < 4.78 is 0. The molecule has 0 aliphatic carbocycles. The zero-order chi connectivity index (χ0) is 18.0. The van der Waals surface area contributed by atoms with Crippen molar-refractivity contribution in [3.63, 3.8) is 0 Å². The van der Waals surface area contributed by atoms with E-state index in [0.717, 1.165) is 32.6 Å². The summed E-state index contributed by atoms with van der Waals surface area (Å²) >= 11 is 0. The summed E-state index contributed by atoms with van der Waals surface area (Å²) in [4.78, 5) is 14.8. The highest BCUT2D eigenvalue weighted by Gasteiger charge is 2.34. The molecular formula is C22H27ClN2O2. The summed E-state index contributed by atoms with van der Waals surface area (Å²) in [7, 11) is 0. The zero-order valence-electron chi connectivity index (χ0n) is 15.5. The van der Waals surface area contributed by atoms with Crippen molar-refractivity contribution in [3.8, 4) is 0 Å². The van der Waals surface area contributed by atoms with Crippen molar-refractivity contribution in [1.29, 1.82) is 0 Å². The van der Waals surface area contributed by atoms with Gasteiger partial charge in [0, 0.05) is 43.9 Å². The summed E-state index contributed by atoms with van der Waals surface area (Å²) in [6.07, 6.45) is 2.62. The van der Waals surface area contributed by atoms with E-state index in [1.165, 1.54) is 16.8 Å². The minimum absolute atomic E-state index is 0. The first-order valence-corrected chi connectivity index (χ1v) is 9.50. The van der Waals surface area contributed by atoms with Crippen LogP contribution in [0.5, 0.6) is 0 Å². The second-order valence-electron chi connectivity index (χ2n) is 7.63. The van der Waals surface area contributed by atoms with Crippen molar-refractivity contribution < 1.29 is 9.90 Å². The number of hydrogen-bond donors (Lipinski definition) is 2. The maximum atomic E-state index is 12.4. The number of likely N-dealkylation sites (tertiary alicyclic amines) is 1. The van der Waals surface area contributed by atoms with Gasteiger partial charge in [-0.2, -0.15) is 0 Å². The molecule has 2 heterocycles. The number of piperidine rings is 1. The fraction of sp³-hybridized carbons (Fsp3) is 0.409. The lowest BCUT2D eigenvalue weighted by Crippen LogP contribution is -2.45. The molecule has 0 unspecified atom stereocenters. The molecule has 2 aliphatic rings. The van der Waals surface area contributed by atoms with Gasteiger partial charge in [-0.25, -0.2) is 0 Å². The van der Waals surface area contributed by atoms with Gasteiger partial charge in [-0.1, -0.05) is 42.5 Å². The van der Waals surface area contributed by atoms with Crippen molar-refractivity contribution in [2.24, 2.45) is 0 Å². The molecule has 4 rings (SSSR count). The molecule has 2 aromatic carbocycles. The number of anilines is 1. The Kier molecular flexibility index (Phi) is 6.20. The number of nitrogens with one attached hydrogen (secondary N) is 1. The molecule has 0 spiro atoms. The van der Waals surface area contributed by atoms with Crippen LogP contribution in [-0.4, -0.2) is 41.0 Å². The summed E-state index contributed by atoms with van der Waals surface area (Å²) in [5.41, 5.74) is 3.82. The first kappa shape index (κ1) is 19.9. The topological polar surface area (TPSA) is 52.6 Å². The Morgan fingerprint density at radius 2 is 1.85 bits per heavy atom.